The Kier molecular flexibility index (Phi) is 4.93. The monoisotopic (exact) mass is 281 g/mol. The van der Waals surface area contributed by atoms with Gasteiger partial charge in [-0.2, -0.15) is 0 Å². The number of nitrogens with two attached hydrogens (primary N) is 1. The molecule has 5 heteroatoms. The molecular formula is C14H23N3OS. The summed E-state index contributed by atoms with van der Waals surface area (Å²) in [4.78, 5) is 17.5. The summed E-state index contributed by atoms with van der Waals surface area (Å²) < 4.78 is 0. The molecule has 0 bridgehead atoms. The Labute approximate surface area is 118 Å². The predicted molar refractivity (Wildman–Crippen MR) is 78.5 cm³/mol. The first-order chi connectivity index (χ1) is 9.10. The van der Waals surface area contributed by atoms with E-state index in [-0.39, 0.29) is 11.9 Å². The Morgan fingerprint density at radius 1 is 1.58 bits per heavy atom. The van der Waals surface area contributed by atoms with Crippen molar-refractivity contribution in [2.75, 3.05) is 6.54 Å². The highest BCUT2D eigenvalue weighted by molar-refractivity contribution is 7.13. The molecule has 1 amide bonds. The Balaban J connectivity index is 1.91. The SMILES string of the molecule is Cc1nc(CC2CC2)sc1C(=O)NC(C)CCCN. The lowest BCUT2D eigenvalue weighted by Gasteiger charge is -2.12. The summed E-state index contributed by atoms with van der Waals surface area (Å²) in [7, 11) is 0. The number of nitrogens with zero attached hydrogens (tertiary/aromatic N) is 1. The van der Waals surface area contributed by atoms with Crippen LogP contribution in [0.2, 0.25) is 0 Å². The van der Waals surface area contributed by atoms with Gasteiger partial charge in [0.15, 0.2) is 0 Å². The van der Waals surface area contributed by atoms with E-state index in [2.05, 4.69) is 10.3 Å². The zero-order valence-corrected chi connectivity index (χ0v) is 12.6. The van der Waals surface area contributed by atoms with E-state index in [4.69, 9.17) is 5.73 Å². The zero-order chi connectivity index (χ0) is 13.8. The van der Waals surface area contributed by atoms with E-state index < -0.39 is 0 Å². The third kappa shape index (κ3) is 4.28. The van der Waals surface area contributed by atoms with Crippen molar-refractivity contribution in [2.24, 2.45) is 11.7 Å². The maximum atomic E-state index is 12.2. The molecule has 4 nitrogen and oxygen atoms in total. The summed E-state index contributed by atoms with van der Waals surface area (Å²) in [6, 6.07) is 0.171. The molecule has 0 saturated heterocycles. The van der Waals surface area contributed by atoms with Gasteiger partial charge >= 0.3 is 0 Å². The van der Waals surface area contributed by atoms with Crippen molar-refractivity contribution in [1.82, 2.24) is 10.3 Å². The summed E-state index contributed by atoms with van der Waals surface area (Å²) >= 11 is 1.55. The molecule has 1 aromatic rings. The van der Waals surface area contributed by atoms with E-state index in [0.29, 0.717) is 6.54 Å². The lowest BCUT2D eigenvalue weighted by molar-refractivity contribution is 0.0941. The first-order valence-electron chi connectivity index (χ1n) is 7.07. The number of hydrogen-bond acceptors (Lipinski definition) is 4. The summed E-state index contributed by atoms with van der Waals surface area (Å²) in [6.45, 7) is 4.62. The van der Waals surface area contributed by atoms with E-state index in [1.807, 2.05) is 13.8 Å². The van der Waals surface area contributed by atoms with Gasteiger partial charge < -0.3 is 11.1 Å². The quantitative estimate of drug-likeness (QED) is 0.805. The molecule has 0 aromatic carbocycles. The van der Waals surface area contributed by atoms with Crippen LogP contribution < -0.4 is 11.1 Å². The zero-order valence-electron chi connectivity index (χ0n) is 11.7. The predicted octanol–water partition coefficient (Wildman–Crippen LogP) is 2.26. The number of hydrogen-bond donors (Lipinski definition) is 2. The fourth-order valence-electron chi connectivity index (χ4n) is 2.10. The maximum Gasteiger partial charge on any atom is 0.263 e. The van der Waals surface area contributed by atoms with Crippen molar-refractivity contribution in [3.05, 3.63) is 15.6 Å². The third-order valence-corrected chi connectivity index (χ3v) is 4.60. The molecule has 1 heterocycles. The van der Waals surface area contributed by atoms with Gasteiger partial charge in [0, 0.05) is 12.5 Å². The number of thiazole rings is 1. The van der Waals surface area contributed by atoms with Gasteiger partial charge in [-0.25, -0.2) is 4.98 Å². The molecule has 1 atom stereocenters. The van der Waals surface area contributed by atoms with Gasteiger partial charge in [-0.3, -0.25) is 4.79 Å². The van der Waals surface area contributed by atoms with E-state index in [0.717, 1.165) is 40.8 Å². The highest BCUT2D eigenvalue weighted by Gasteiger charge is 2.24. The second kappa shape index (κ2) is 6.48. The van der Waals surface area contributed by atoms with Crippen LogP contribution in [0.1, 0.15) is 53.0 Å². The fraction of sp³-hybridized carbons (Fsp3) is 0.714. The third-order valence-electron chi connectivity index (χ3n) is 3.43. The summed E-state index contributed by atoms with van der Waals surface area (Å²) in [5.74, 6) is 0.825. The largest absolute Gasteiger partial charge is 0.349 e. The summed E-state index contributed by atoms with van der Waals surface area (Å²) in [5, 5.41) is 4.14. The highest BCUT2D eigenvalue weighted by atomic mass is 32.1. The normalized spacial score (nSPS) is 16.4. The molecule has 2 rings (SSSR count). The van der Waals surface area contributed by atoms with E-state index in [1.54, 1.807) is 11.3 Å². The molecule has 1 aliphatic carbocycles. The second-order valence-corrected chi connectivity index (χ2v) is 6.56. The molecule has 1 unspecified atom stereocenters. The Morgan fingerprint density at radius 3 is 2.95 bits per heavy atom. The van der Waals surface area contributed by atoms with E-state index in [1.165, 1.54) is 12.8 Å². The number of rotatable bonds is 7. The van der Waals surface area contributed by atoms with Crippen molar-refractivity contribution >= 4 is 17.2 Å². The van der Waals surface area contributed by atoms with Gasteiger partial charge in [0.25, 0.3) is 5.91 Å². The molecule has 0 spiro atoms. The minimum Gasteiger partial charge on any atom is -0.349 e. The Bertz CT molecular complexity index is 440. The van der Waals surface area contributed by atoms with Crippen LogP contribution in [0.3, 0.4) is 0 Å². The number of aryl methyl sites for hydroxylation is 1. The van der Waals surface area contributed by atoms with Crippen LogP contribution in [-0.4, -0.2) is 23.5 Å². The number of amides is 1. The van der Waals surface area contributed by atoms with Crippen LogP contribution in [0.15, 0.2) is 0 Å². The lowest BCUT2D eigenvalue weighted by atomic mass is 10.2. The topological polar surface area (TPSA) is 68.0 Å². The van der Waals surface area contributed by atoms with Crippen molar-refractivity contribution in [1.29, 1.82) is 0 Å². The number of carbonyl (C=O) groups excluding carboxylic acids is 1. The Morgan fingerprint density at radius 2 is 2.32 bits per heavy atom. The second-order valence-electron chi connectivity index (χ2n) is 5.48. The molecule has 0 radical (unpaired) electrons. The first kappa shape index (κ1) is 14.5. The number of nitrogens with one attached hydrogen (secondary N) is 1. The van der Waals surface area contributed by atoms with Crippen molar-refractivity contribution in [2.45, 2.75) is 52.0 Å². The average Bonchev–Trinajstić information content (AvgIpc) is 3.09. The molecule has 1 aromatic heterocycles. The lowest BCUT2D eigenvalue weighted by Crippen LogP contribution is -2.32. The minimum atomic E-state index is 0.0153. The standard InChI is InChI=1S/C14H23N3OS/c1-9(4-3-7-15)16-14(18)13-10(2)17-12(19-13)8-11-5-6-11/h9,11H,3-8,15H2,1-2H3,(H,16,18). The number of carbonyl (C=O) groups is 1. The highest BCUT2D eigenvalue weighted by Crippen LogP contribution is 2.34. The van der Waals surface area contributed by atoms with Crippen LogP contribution in [0.4, 0.5) is 0 Å². The first-order valence-corrected chi connectivity index (χ1v) is 7.89. The van der Waals surface area contributed by atoms with Gasteiger partial charge in [0.05, 0.1) is 10.7 Å². The molecule has 1 fully saturated rings. The molecule has 19 heavy (non-hydrogen) atoms. The van der Waals surface area contributed by atoms with Crippen molar-refractivity contribution < 1.29 is 4.79 Å². The van der Waals surface area contributed by atoms with Crippen LogP contribution in [-0.2, 0) is 6.42 Å². The van der Waals surface area contributed by atoms with Gasteiger partial charge in [-0.1, -0.05) is 0 Å². The fourth-order valence-corrected chi connectivity index (χ4v) is 3.19. The van der Waals surface area contributed by atoms with Crippen LogP contribution in [0.25, 0.3) is 0 Å². The van der Waals surface area contributed by atoms with Gasteiger partial charge in [-0.15, -0.1) is 11.3 Å². The van der Waals surface area contributed by atoms with Crippen LogP contribution in [0, 0.1) is 12.8 Å². The molecule has 0 aliphatic heterocycles. The minimum absolute atomic E-state index is 0.0153. The van der Waals surface area contributed by atoms with E-state index >= 15 is 0 Å². The van der Waals surface area contributed by atoms with Gasteiger partial charge in [0.1, 0.15) is 4.88 Å². The van der Waals surface area contributed by atoms with Crippen LogP contribution >= 0.6 is 11.3 Å². The van der Waals surface area contributed by atoms with Crippen molar-refractivity contribution in [3.63, 3.8) is 0 Å². The number of aromatic nitrogens is 1. The molecule has 3 N–H and O–H groups in total. The maximum absolute atomic E-state index is 12.2. The molecule has 1 saturated carbocycles. The summed E-state index contributed by atoms with van der Waals surface area (Å²) in [5.41, 5.74) is 6.34. The molecule has 1 aliphatic rings. The average molecular weight is 281 g/mol. The molecule has 106 valence electrons. The smallest absolute Gasteiger partial charge is 0.263 e. The van der Waals surface area contributed by atoms with Crippen LogP contribution in [0.5, 0.6) is 0 Å². The van der Waals surface area contributed by atoms with E-state index in [9.17, 15) is 4.79 Å². The van der Waals surface area contributed by atoms with Gasteiger partial charge in [0.2, 0.25) is 0 Å². The van der Waals surface area contributed by atoms with Gasteiger partial charge in [-0.05, 0) is 52.0 Å². The Hall–Kier alpha value is -0.940. The molecular weight excluding hydrogens is 258 g/mol. The van der Waals surface area contributed by atoms with Crippen molar-refractivity contribution in [3.8, 4) is 0 Å². The summed E-state index contributed by atoms with van der Waals surface area (Å²) in [6.07, 6.45) is 5.54.